The minimum atomic E-state index is -1.29. The molecule has 364 valence electrons. The molecule has 6 rings (SSSR count). The van der Waals surface area contributed by atoms with Crippen LogP contribution in [0.15, 0.2) is 54.9 Å². The standard InChI is InChI=1S/C46H63N9O11S/c1-32(65-40(56)13-14-41(57)66-37(29-47-46(2,3)4)31-64-43-42(51-67-52-43)54-18-21-61-22-19-54)44(58)63-24-20-55(30-33-9-8-10-36(25-33)60-5)45(59)50-38-12-11-34(35-27-48-49-28-35)26-39(38)62-23-17-53-15-6-7-16-53/h8-12,25-28,32,37,47H,6-7,13-24,29-31H2,1-5H3,(H,48,49)(H,50,59)/t32?,37-/m0/s1. The molecule has 2 aromatic heterocycles. The van der Waals surface area contributed by atoms with E-state index in [2.05, 4.69) is 34.5 Å². The number of carbonyl (C=O) groups excluding carboxylic acids is 4. The molecule has 0 aliphatic carbocycles. The van der Waals surface area contributed by atoms with Crippen LogP contribution in [-0.2, 0) is 39.9 Å². The molecule has 2 aromatic carbocycles. The van der Waals surface area contributed by atoms with Gasteiger partial charge in [-0.2, -0.15) is 9.47 Å². The molecule has 0 radical (unpaired) electrons. The van der Waals surface area contributed by atoms with Gasteiger partial charge in [-0.25, -0.2) is 9.59 Å². The number of aromatic nitrogens is 4. The van der Waals surface area contributed by atoms with E-state index in [1.807, 2.05) is 56.0 Å². The number of carbonyl (C=O) groups is 4. The van der Waals surface area contributed by atoms with Gasteiger partial charge in [-0.3, -0.25) is 19.6 Å². The maximum Gasteiger partial charge on any atom is 0.347 e. The molecule has 3 N–H and O–H groups in total. The number of benzene rings is 2. The van der Waals surface area contributed by atoms with Crippen molar-refractivity contribution in [1.82, 2.24) is 34.1 Å². The molecule has 0 spiro atoms. The number of amides is 2. The highest BCUT2D eigenvalue weighted by atomic mass is 32.1. The molecule has 1 unspecified atom stereocenters. The Bertz CT molecular complexity index is 2190. The number of rotatable bonds is 24. The molecule has 2 atom stereocenters. The van der Waals surface area contributed by atoms with Crippen LogP contribution in [0.5, 0.6) is 17.4 Å². The van der Waals surface area contributed by atoms with E-state index < -0.39 is 36.1 Å². The second-order valence-electron chi connectivity index (χ2n) is 17.1. The van der Waals surface area contributed by atoms with E-state index in [0.717, 1.165) is 60.9 Å². The van der Waals surface area contributed by atoms with Crippen LogP contribution in [0.1, 0.15) is 58.9 Å². The largest absolute Gasteiger partial charge is 0.497 e. The summed E-state index contributed by atoms with van der Waals surface area (Å²) >= 11 is 1.03. The molecule has 4 heterocycles. The van der Waals surface area contributed by atoms with Gasteiger partial charge >= 0.3 is 23.9 Å². The number of esters is 3. The average Bonchev–Trinajstić information content (AvgIpc) is 4.14. The summed E-state index contributed by atoms with van der Waals surface area (Å²) in [6, 6.07) is 12.4. The van der Waals surface area contributed by atoms with Crippen molar-refractivity contribution in [3.8, 4) is 28.5 Å². The predicted molar refractivity (Wildman–Crippen MR) is 249 cm³/mol. The number of likely N-dealkylation sites (tertiary alicyclic amines) is 1. The van der Waals surface area contributed by atoms with Gasteiger partial charge in [0.25, 0.3) is 5.88 Å². The quantitative estimate of drug-likeness (QED) is 0.0627. The molecule has 0 bridgehead atoms. The van der Waals surface area contributed by atoms with Crippen molar-refractivity contribution in [3.05, 3.63) is 60.4 Å². The monoisotopic (exact) mass is 949 g/mol. The second kappa shape index (κ2) is 25.2. The Labute approximate surface area is 395 Å². The Balaban J connectivity index is 1.00. The van der Waals surface area contributed by atoms with Gasteiger partial charge in [0.1, 0.15) is 37.4 Å². The summed E-state index contributed by atoms with van der Waals surface area (Å²) in [6.07, 6.45) is 3.19. The lowest BCUT2D eigenvalue weighted by atomic mass is 10.1. The number of hydrogen-bond donors (Lipinski definition) is 3. The molecule has 2 aliphatic rings. The maximum atomic E-state index is 14.0. The van der Waals surface area contributed by atoms with E-state index in [-0.39, 0.29) is 51.2 Å². The highest BCUT2D eigenvalue weighted by Crippen LogP contribution is 2.32. The second-order valence-corrected chi connectivity index (χ2v) is 17.7. The summed E-state index contributed by atoms with van der Waals surface area (Å²) in [5.41, 5.74) is 2.69. The van der Waals surface area contributed by atoms with Gasteiger partial charge in [-0.1, -0.05) is 18.2 Å². The number of anilines is 2. The molecule has 2 amide bonds. The van der Waals surface area contributed by atoms with E-state index in [1.165, 1.54) is 11.8 Å². The first kappa shape index (κ1) is 50.4. The molecular weight excluding hydrogens is 887 g/mol. The van der Waals surface area contributed by atoms with Crippen molar-refractivity contribution < 1.29 is 52.3 Å². The number of urea groups is 1. The highest BCUT2D eigenvalue weighted by molar-refractivity contribution is 6.99. The smallest absolute Gasteiger partial charge is 0.347 e. The lowest BCUT2D eigenvalue weighted by Gasteiger charge is -2.27. The number of nitrogens with one attached hydrogen (secondary N) is 3. The number of methoxy groups -OCH3 is 1. The Morgan fingerprint density at radius 2 is 1.72 bits per heavy atom. The number of hydrogen-bond acceptors (Lipinski definition) is 18. The fraction of sp³-hybridized carbons (Fsp3) is 0.543. The third-order valence-corrected chi connectivity index (χ3v) is 11.3. The van der Waals surface area contributed by atoms with Gasteiger partial charge in [0, 0.05) is 50.0 Å². The van der Waals surface area contributed by atoms with Gasteiger partial charge in [-0.15, -0.1) is 4.37 Å². The minimum Gasteiger partial charge on any atom is -0.497 e. The molecule has 2 saturated heterocycles. The summed E-state index contributed by atoms with van der Waals surface area (Å²) in [7, 11) is 1.56. The number of aromatic amines is 1. The van der Waals surface area contributed by atoms with Gasteiger partial charge in [-0.05, 0) is 89.0 Å². The summed E-state index contributed by atoms with van der Waals surface area (Å²) in [5.74, 6) is -0.188. The first-order valence-electron chi connectivity index (χ1n) is 22.6. The average molecular weight is 950 g/mol. The molecule has 21 heteroatoms. The van der Waals surface area contributed by atoms with Gasteiger partial charge in [0.2, 0.25) is 5.82 Å². The summed E-state index contributed by atoms with van der Waals surface area (Å²) in [6.45, 7) is 13.2. The van der Waals surface area contributed by atoms with Crippen molar-refractivity contribution in [2.24, 2.45) is 0 Å². The first-order chi connectivity index (χ1) is 32.3. The maximum absolute atomic E-state index is 14.0. The van der Waals surface area contributed by atoms with Crippen molar-refractivity contribution in [1.29, 1.82) is 0 Å². The molecule has 67 heavy (non-hydrogen) atoms. The fourth-order valence-corrected chi connectivity index (χ4v) is 7.67. The minimum absolute atomic E-state index is 0.00218. The Morgan fingerprint density at radius 1 is 0.940 bits per heavy atom. The third kappa shape index (κ3) is 16.4. The van der Waals surface area contributed by atoms with Crippen LogP contribution in [0.3, 0.4) is 0 Å². The van der Waals surface area contributed by atoms with Crippen LogP contribution in [-0.4, -0.2) is 156 Å². The molecular formula is C46H63N9O11S. The third-order valence-electron chi connectivity index (χ3n) is 10.8. The lowest BCUT2D eigenvalue weighted by Crippen LogP contribution is -2.44. The van der Waals surface area contributed by atoms with E-state index >= 15 is 0 Å². The van der Waals surface area contributed by atoms with Gasteiger partial charge in [0.15, 0.2) is 6.10 Å². The van der Waals surface area contributed by atoms with Gasteiger partial charge in [0.05, 0.1) is 63.3 Å². The van der Waals surface area contributed by atoms with Gasteiger partial charge < -0.3 is 53.6 Å². The van der Waals surface area contributed by atoms with E-state index in [9.17, 15) is 19.2 Å². The van der Waals surface area contributed by atoms with E-state index in [4.69, 9.17) is 33.2 Å². The molecule has 2 fully saturated rings. The van der Waals surface area contributed by atoms with Crippen LogP contribution in [0.25, 0.3) is 11.1 Å². The van der Waals surface area contributed by atoms with Crippen LogP contribution >= 0.6 is 11.7 Å². The SMILES string of the molecule is COc1cccc(CN(CCOC(=O)C(C)OC(=O)CCC(=O)O[C@@H](CNC(C)(C)C)COc2nsnc2N2CCOCC2)C(=O)Nc2ccc(-c3cn[nH]c3)cc2OCCN2CCCC2)c1. The van der Waals surface area contributed by atoms with Crippen LogP contribution in [0.4, 0.5) is 16.3 Å². The Morgan fingerprint density at radius 3 is 2.45 bits per heavy atom. The number of morpholine rings is 1. The predicted octanol–water partition coefficient (Wildman–Crippen LogP) is 4.92. The van der Waals surface area contributed by atoms with Crippen molar-refractivity contribution in [2.45, 2.75) is 77.7 Å². The van der Waals surface area contributed by atoms with Crippen LogP contribution in [0, 0.1) is 0 Å². The topological polar surface area (TPSA) is 221 Å². The van der Waals surface area contributed by atoms with Crippen molar-refractivity contribution in [2.75, 3.05) is 96.2 Å². The zero-order chi connectivity index (χ0) is 47.6. The molecule has 2 aliphatic heterocycles. The molecule has 4 aromatic rings. The summed E-state index contributed by atoms with van der Waals surface area (Å²) in [5, 5.41) is 13.2. The van der Waals surface area contributed by atoms with E-state index in [1.54, 1.807) is 31.6 Å². The first-order valence-corrected chi connectivity index (χ1v) is 23.3. The van der Waals surface area contributed by atoms with Crippen molar-refractivity contribution in [3.63, 3.8) is 0 Å². The number of ether oxygens (including phenoxy) is 7. The van der Waals surface area contributed by atoms with Crippen molar-refractivity contribution >= 4 is 47.2 Å². The number of nitrogens with zero attached hydrogens (tertiary/aromatic N) is 6. The fourth-order valence-electron chi connectivity index (χ4n) is 7.15. The highest BCUT2D eigenvalue weighted by Gasteiger charge is 2.26. The number of H-pyrrole nitrogens is 1. The zero-order valence-corrected chi connectivity index (χ0v) is 39.8. The van der Waals surface area contributed by atoms with Crippen LogP contribution < -0.4 is 29.7 Å². The summed E-state index contributed by atoms with van der Waals surface area (Å²) in [4.78, 5) is 58.8. The van der Waals surface area contributed by atoms with Crippen LogP contribution in [0.2, 0.25) is 0 Å². The normalized spacial score (nSPS) is 15.0. The van der Waals surface area contributed by atoms with E-state index in [0.29, 0.717) is 61.8 Å². The Hall–Kier alpha value is -6.03. The molecule has 0 saturated carbocycles. The lowest BCUT2D eigenvalue weighted by molar-refractivity contribution is -0.167. The summed E-state index contributed by atoms with van der Waals surface area (Å²) < 4.78 is 48.3. The zero-order valence-electron chi connectivity index (χ0n) is 39.0. The molecule has 20 nitrogen and oxygen atoms in total. The Kier molecular flexibility index (Phi) is 19.0.